The summed E-state index contributed by atoms with van der Waals surface area (Å²) in [5.74, 6) is 0.175. The first-order valence-electron chi connectivity index (χ1n) is 5.31. The maximum Gasteiger partial charge on any atom is 0.291 e. The minimum atomic E-state index is -0.362. The van der Waals surface area contributed by atoms with E-state index in [1.165, 1.54) is 12.1 Å². The Bertz CT molecular complexity index is 607. The summed E-state index contributed by atoms with van der Waals surface area (Å²) >= 11 is 3.08. The van der Waals surface area contributed by atoms with Crippen molar-refractivity contribution in [3.8, 4) is 0 Å². The Labute approximate surface area is 112 Å². The van der Waals surface area contributed by atoms with Crippen molar-refractivity contribution < 1.29 is 13.6 Å². The molecule has 1 amide bonds. The van der Waals surface area contributed by atoms with Crippen LogP contribution in [-0.4, -0.2) is 5.91 Å². The van der Waals surface area contributed by atoms with Gasteiger partial charge in [-0.1, -0.05) is 0 Å². The molecular formula is C13H11BrFNO2. The second kappa shape index (κ2) is 4.94. The van der Waals surface area contributed by atoms with Gasteiger partial charge in [-0.15, -0.1) is 0 Å². The van der Waals surface area contributed by atoms with Gasteiger partial charge in [-0.2, -0.15) is 0 Å². The molecule has 1 N–H and O–H groups in total. The SMILES string of the molecule is Cc1ccc(C(=O)Nc2cc(Br)c(F)cc2C)o1. The van der Waals surface area contributed by atoms with Crippen molar-refractivity contribution in [2.24, 2.45) is 0 Å². The third-order valence-corrected chi connectivity index (χ3v) is 3.09. The van der Waals surface area contributed by atoms with Gasteiger partial charge in [0.1, 0.15) is 11.6 Å². The van der Waals surface area contributed by atoms with E-state index in [1.807, 2.05) is 0 Å². The standard InChI is InChI=1S/C13H11BrFNO2/c1-7-5-10(15)9(14)6-11(7)16-13(17)12-4-3-8(2)18-12/h3-6H,1-2H3,(H,16,17). The summed E-state index contributed by atoms with van der Waals surface area (Å²) in [6, 6.07) is 6.19. The van der Waals surface area contributed by atoms with Gasteiger partial charge in [-0.05, 0) is 59.6 Å². The molecule has 18 heavy (non-hydrogen) atoms. The second-order valence-corrected chi connectivity index (χ2v) is 4.80. The lowest BCUT2D eigenvalue weighted by Crippen LogP contribution is -2.12. The predicted octanol–water partition coefficient (Wildman–Crippen LogP) is 4.05. The summed E-state index contributed by atoms with van der Waals surface area (Å²) in [6.07, 6.45) is 0. The first-order chi connectivity index (χ1) is 8.47. The van der Waals surface area contributed by atoms with Gasteiger partial charge < -0.3 is 9.73 Å². The maximum absolute atomic E-state index is 13.2. The Balaban J connectivity index is 2.24. The summed E-state index contributed by atoms with van der Waals surface area (Å²) < 4.78 is 18.8. The molecule has 94 valence electrons. The Hall–Kier alpha value is -1.62. The maximum atomic E-state index is 13.2. The highest BCUT2D eigenvalue weighted by Crippen LogP contribution is 2.24. The number of hydrogen-bond acceptors (Lipinski definition) is 2. The van der Waals surface area contributed by atoms with Gasteiger partial charge in [-0.3, -0.25) is 4.79 Å². The number of nitrogens with one attached hydrogen (secondary N) is 1. The van der Waals surface area contributed by atoms with Crippen LogP contribution in [0.25, 0.3) is 0 Å². The van der Waals surface area contributed by atoms with Gasteiger partial charge in [0.2, 0.25) is 0 Å². The first kappa shape index (κ1) is 12.8. The molecule has 0 atom stereocenters. The van der Waals surface area contributed by atoms with E-state index in [1.54, 1.807) is 26.0 Å². The minimum Gasteiger partial charge on any atom is -0.456 e. The fourth-order valence-electron chi connectivity index (χ4n) is 1.52. The minimum absolute atomic E-state index is 0.229. The van der Waals surface area contributed by atoms with Gasteiger partial charge >= 0.3 is 0 Å². The van der Waals surface area contributed by atoms with Crippen LogP contribution in [0.5, 0.6) is 0 Å². The topological polar surface area (TPSA) is 42.2 Å². The molecule has 0 aliphatic heterocycles. The molecule has 2 rings (SSSR count). The monoisotopic (exact) mass is 311 g/mol. The van der Waals surface area contributed by atoms with Crippen molar-refractivity contribution in [3.63, 3.8) is 0 Å². The van der Waals surface area contributed by atoms with Crippen LogP contribution >= 0.6 is 15.9 Å². The van der Waals surface area contributed by atoms with Crippen molar-refractivity contribution in [1.82, 2.24) is 0 Å². The van der Waals surface area contributed by atoms with Gasteiger partial charge in [-0.25, -0.2) is 4.39 Å². The van der Waals surface area contributed by atoms with Crippen LogP contribution in [-0.2, 0) is 0 Å². The van der Waals surface area contributed by atoms with Gasteiger partial charge in [0, 0.05) is 5.69 Å². The van der Waals surface area contributed by atoms with Crippen molar-refractivity contribution >= 4 is 27.5 Å². The van der Waals surface area contributed by atoms with E-state index in [-0.39, 0.29) is 17.5 Å². The molecule has 0 radical (unpaired) electrons. The number of carbonyl (C=O) groups excluding carboxylic acids is 1. The number of benzene rings is 1. The largest absolute Gasteiger partial charge is 0.456 e. The van der Waals surface area contributed by atoms with Crippen molar-refractivity contribution in [3.05, 3.63) is 51.6 Å². The van der Waals surface area contributed by atoms with Crippen LogP contribution in [0.1, 0.15) is 21.9 Å². The van der Waals surface area contributed by atoms with E-state index < -0.39 is 0 Å². The summed E-state index contributed by atoms with van der Waals surface area (Å²) in [5.41, 5.74) is 1.19. The molecule has 1 aromatic carbocycles. The van der Waals surface area contributed by atoms with Gasteiger partial charge in [0.25, 0.3) is 5.91 Å². The fourth-order valence-corrected chi connectivity index (χ4v) is 1.86. The number of aryl methyl sites for hydroxylation is 2. The molecule has 2 aromatic rings. The van der Waals surface area contributed by atoms with E-state index in [4.69, 9.17) is 4.42 Å². The summed E-state index contributed by atoms with van der Waals surface area (Å²) in [7, 11) is 0. The lowest BCUT2D eigenvalue weighted by Gasteiger charge is -2.08. The Morgan fingerprint density at radius 1 is 1.33 bits per heavy atom. The molecule has 0 aliphatic rings. The number of halogens is 2. The third kappa shape index (κ3) is 2.61. The van der Waals surface area contributed by atoms with Crippen molar-refractivity contribution in [2.75, 3.05) is 5.32 Å². The summed E-state index contributed by atoms with van der Waals surface area (Å²) in [5, 5.41) is 2.68. The molecule has 3 nitrogen and oxygen atoms in total. The van der Waals surface area contributed by atoms with Crippen LogP contribution in [0.3, 0.4) is 0 Å². The molecule has 5 heteroatoms. The molecule has 0 bridgehead atoms. The third-order valence-electron chi connectivity index (χ3n) is 2.48. The Morgan fingerprint density at radius 2 is 2.06 bits per heavy atom. The van der Waals surface area contributed by atoms with E-state index in [0.29, 0.717) is 21.5 Å². The molecule has 0 saturated heterocycles. The van der Waals surface area contributed by atoms with Crippen molar-refractivity contribution in [2.45, 2.75) is 13.8 Å². The molecular weight excluding hydrogens is 301 g/mol. The molecule has 0 aliphatic carbocycles. The van der Waals surface area contributed by atoms with Crippen molar-refractivity contribution in [1.29, 1.82) is 0 Å². The van der Waals surface area contributed by atoms with E-state index in [9.17, 15) is 9.18 Å². The van der Waals surface area contributed by atoms with Gasteiger partial charge in [0.05, 0.1) is 4.47 Å². The Kier molecular flexibility index (Phi) is 3.52. The van der Waals surface area contributed by atoms with Gasteiger partial charge in [0.15, 0.2) is 5.76 Å². The lowest BCUT2D eigenvalue weighted by molar-refractivity contribution is 0.0995. The molecule has 1 aromatic heterocycles. The molecule has 0 spiro atoms. The number of amides is 1. The number of hydrogen-bond donors (Lipinski definition) is 1. The number of carbonyl (C=O) groups is 1. The number of furan rings is 1. The fraction of sp³-hybridized carbons (Fsp3) is 0.154. The van der Waals surface area contributed by atoms with E-state index in [2.05, 4.69) is 21.2 Å². The highest BCUT2D eigenvalue weighted by molar-refractivity contribution is 9.10. The predicted molar refractivity (Wildman–Crippen MR) is 70.2 cm³/mol. The average Bonchev–Trinajstić information content (AvgIpc) is 2.73. The zero-order chi connectivity index (χ0) is 13.3. The summed E-state index contributed by atoms with van der Waals surface area (Å²) in [6.45, 7) is 3.48. The van der Waals surface area contributed by atoms with Crippen LogP contribution in [0.4, 0.5) is 10.1 Å². The number of rotatable bonds is 2. The summed E-state index contributed by atoms with van der Waals surface area (Å²) in [4.78, 5) is 11.9. The zero-order valence-electron chi connectivity index (χ0n) is 9.88. The van der Waals surface area contributed by atoms with Crippen LogP contribution in [0.15, 0.2) is 33.2 Å². The molecule has 0 fully saturated rings. The molecule has 1 heterocycles. The zero-order valence-corrected chi connectivity index (χ0v) is 11.5. The second-order valence-electron chi connectivity index (χ2n) is 3.95. The molecule has 0 unspecified atom stereocenters. The normalized spacial score (nSPS) is 10.4. The highest BCUT2D eigenvalue weighted by Gasteiger charge is 2.13. The van der Waals surface area contributed by atoms with Crippen LogP contribution in [0, 0.1) is 19.7 Å². The van der Waals surface area contributed by atoms with E-state index >= 15 is 0 Å². The lowest BCUT2D eigenvalue weighted by atomic mass is 10.2. The van der Waals surface area contributed by atoms with Crippen LogP contribution < -0.4 is 5.32 Å². The van der Waals surface area contributed by atoms with Crippen LogP contribution in [0.2, 0.25) is 0 Å². The van der Waals surface area contributed by atoms with E-state index in [0.717, 1.165) is 0 Å². The average molecular weight is 312 g/mol. The molecule has 0 saturated carbocycles. The smallest absolute Gasteiger partial charge is 0.291 e. The Morgan fingerprint density at radius 3 is 2.67 bits per heavy atom. The first-order valence-corrected chi connectivity index (χ1v) is 6.10. The quantitative estimate of drug-likeness (QED) is 0.909. The number of anilines is 1. The highest BCUT2D eigenvalue weighted by atomic mass is 79.9.